The Kier molecular flexibility index (Phi) is 9.48. The van der Waals surface area contributed by atoms with Crippen LogP contribution in [0.4, 0.5) is 0 Å². The molecule has 1 N–H and O–H groups in total. The second kappa shape index (κ2) is 11.6. The Balaban J connectivity index is 2.19. The lowest BCUT2D eigenvalue weighted by molar-refractivity contribution is -0.142. The fourth-order valence-electron chi connectivity index (χ4n) is 2.82. The van der Waals surface area contributed by atoms with E-state index in [0.29, 0.717) is 20.8 Å². The molecule has 2 atom stereocenters. The van der Waals surface area contributed by atoms with Gasteiger partial charge < -0.3 is 15.0 Å². The lowest BCUT2D eigenvalue weighted by atomic mass is 10.1. The van der Waals surface area contributed by atoms with Gasteiger partial charge in [0.05, 0.1) is 10.0 Å². The number of hydrogen-bond donors (Lipinski definition) is 1. The summed E-state index contributed by atoms with van der Waals surface area (Å²) in [6.45, 7) is 7.42. The standard InChI is InChI=1S/C23H27Cl3N2O3/c1-5-15(3)27-23(30)16(4)28(12-17-6-8-20(25)21(26)11-17)22(29)13-31-18-7-9-19(24)14(2)10-18/h6-11,15-16H,5,12-13H2,1-4H3,(H,27,30)/t15-,16+/m1/s1. The van der Waals surface area contributed by atoms with E-state index in [1.165, 1.54) is 4.90 Å². The van der Waals surface area contributed by atoms with E-state index in [1.54, 1.807) is 43.3 Å². The van der Waals surface area contributed by atoms with Crippen LogP contribution in [0.25, 0.3) is 0 Å². The molecular weight excluding hydrogens is 459 g/mol. The van der Waals surface area contributed by atoms with Gasteiger partial charge in [-0.05, 0) is 68.7 Å². The van der Waals surface area contributed by atoms with E-state index in [0.717, 1.165) is 17.5 Å². The molecule has 168 valence electrons. The molecule has 0 spiro atoms. The molecule has 0 aromatic heterocycles. The van der Waals surface area contributed by atoms with Gasteiger partial charge in [0.25, 0.3) is 5.91 Å². The number of aryl methyl sites for hydroxylation is 1. The monoisotopic (exact) mass is 484 g/mol. The van der Waals surface area contributed by atoms with Gasteiger partial charge in [0.1, 0.15) is 11.8 Å². The summed E-state index contributed by atoms with van der Waals surface area (Å²) in [6.07, 6.45) is 0.790. The van der Waals surface area contributed by atoms with Crippen molar-refractivity contribution in [3.05, 3.63) is 62.6 Å². The van der Waals surface area contributed by atoms with Crippen molar-refractivity contribution in [2.75, 3.05) is 6.61 Å². The van der Waals surface area contributed by atoms with Crippen LogP contribution in [0.3, 0.4) is 0 Å². The van der Waals surface area contributed by atoms with Crippen LogP contribution in [-0.2, 0) is 16.1 Å². The molecule has 2 aromatic carbocycles. The first-order chi connectivity index (χ1) is 14.6. The van der Waals surface area contributed by atoms with Crippen molar-refractivity contribution >= 4 is 46.6 Å². The number of nitrogens with one attached hydrogen (secondary N) is 1. The Hall–Kier alpha value is -1.95. The van der Waals surface area contributed by atoms with Crippen molar-refractivity contribution in [2.45, 2.75) is 52.7 Å². The van der Waals surface area contributed by atoms with Crippen LogP contribution in [0.1, 0.15) is 38.3 Å². The average molecular weight is 486 g/mol. The number of carbonyl (C=O) groups is 2. The lowest BCUT2D eigenvalue weighted by Gasteiger charge is -2.29. The van der Waals surface area contributed by atoms with E-state index in [1.807, 2.05) is 20.8 Å². The van der Waals surface area contributed by atoms with Crippen molar-refractivity contribution in [2.24, 2.45) is 0 Å². The zero-order chi connectivity index (χ0) is 23.1. The number of halogens is 3. The summed E-state index contributed by atoms with van der Waals surface area (Å²) in [6, 6.07) is 9.61. The van der Waals surface area contributed by atoms with E-state index in [-0.39, 0.29) is 31.0 Å². The minimum atomic E-state index is -0.702. The molecule has 31 heavy (non-hydrogen) atoms. The Morgan fingerprint density at radius 2 is 1.71 bits per heavy atom. The molecule has 2 amide bonds. The maximum Gasteiger partial charge on any atom is 0.261 e. The Morgan fingerprint density at radius 1 is 1.03 bits per heavy atom. The molecule has 0 saturated carbocycles. The highest BCUT2D eigenvalue weighted by molar-refractivity contribution is 6.42. The highest BCUT2D eigenvalue weighted by atomic mass is 35.5. The molecule has 0 fully saturated rings. The molecule has 0 unspecified atom stereocenters. The smallest absolute Gasteiger partial charge is 0.261 e. The molecule has 2 aromatic rings. The van der Waals surface area contributed by atoms with E-state index in [2.05, 4.69) is 5.32 Å². The van der Waals surface area contributed by atoms with Gasteiger partial charge in [-0.2, -0.15) is 0 Å². The largest absolute Gasteiger partial charge is 0.484 e. The minimum absolute atomic E-state index is 0.00479. The first kappa shape index (κ1) is 25.3. The molecule has 0 bridgehead atoms. The summed E-state index contributed by atoms with van der Waals surface area (Å²) in [5, 5.41) is 4.35. The lowest BCUT2D eigenvalue weighted by Crippen LogP contribution is -2.50. The zero-order valence-electron chi connectivity index (χ0n) is 18.0. The number of ether oxygens (including phenoxy) is 1. The van der Waals surface area contributed by atoms with Crippen molar-refractivity contribution < 1.29 is 14.3 Å². The molecule has 0 aliphatic rings. The number of benzene rings is 2. The van der Waals surface area contributed by atoms with E-state index >= 15 is 0 Å². The van der Waals surface area contributed by atoms with Crippen molar-refractivity contribution in [3.8, 4) is 5.75 Å². The van der Waals surface area contributed by atoms with Gasteiger partial charge in [0.15, 0.2) is 6.61 Å². The Bertz CT molecular complexity index is 936. The maximum absolute atomic E-state index is 13.1. The first-order valence-electron chi connectivity index (χ1n) is 10.0. The molecular formula is C23H27Cl3N2O3. The van der Waals surface area contributed by atoms with Gasteiger partial charge in [0, 0.05) is 17.6 Å². The first-order valence-corrected chi connectivity index (χ1v) is 11.2. The Morgan fingerprint density at radius 3 is 2.32 bits per heavy atom. The summed E-state index contributed by atoms with van der Waals surface area (Å²) in [7, 11) is 0. The predicted octanol–water partition coefficient (Wildman–Crippen LogP) is 5.67. The fraction of sp³-hybridized carbons (Fsp3) is 0.391. The topological polar surface area (TPSA) is 58.6 Å². The third-order valence-electron chi connectivity index (χ3n) is 5.00. The van der Waals surface area contributed by atoms with Crippen LogP contribution in [-0.4, -0.2) is 35.4 Å². The highest BCUT2D eigenvalue weighted by Crippen LogP contribution is 2.24. The predicted molar refractivity (Wildman–Crippen MR) is 126 cm³/mol. The van der Waals surface area contributed by atoms with E-state index in [9.17, 15) is 9.59 Å². The van der Waals surface area contributed by atoms with Crippen LogP contribution < -0.4 is 10.1 Å². The van der Waals surface area contributed by atoms with Crippen molar-refractivity contribution in [1.82, 2.24) is 10.2 Å². The molecule has 8 heteroatoms. The number of amides is 2. The van der Waals surface area contributed by atoms with Crippen molar-refractivity contribution in [3.63, 3.8) is 0 Å². The van der Waals surface area contributed by atoms with Crippen LogP contribution >= 0.6 is 34.8 Å². The Labute approximate surface area is 198 Å². The molecule has 0 aliphatic carbocycles. The van der Waals surface area contributed by atoms with Gasteiger partial charge in [-0.25, -0.2) is 0 Å². The second-order valence-electron chi connectivity index (χ2n) is 7.46. The van der Waals surface area contributed by atoms with Gasteiger partial charge in [-0.1, -0.05) is 47.8 Å². The number of hydrogen-bond acceptors (Lipinski definition) is 3. The summed E-state index contributed by atoms with van der Waals surface area (Å²) in [5.74, 6) is -0.0305. The van der Waals surface area contributed by atoms with Gasteiger partial charge >= 0.3 is 0 Å². The second-order valence-corrected chi connectivity index (χ2v) is 8.69. The highest BCUT2D eigenvalue weighted by Gasteiger charge is 2.27. The van der Waals surface area contributed by atoms with Gasteiger partial charge in [0.2, 0.25) is 5.91 Å². The van der Waals surface area contributed by atoms with E-state index in [4.69, 9.17) is 39.5 Å². The zero-order valence-corrected chi connectivity index (χ0v) is 20.3. The summed E-state index contributed by atoms with van der Waals surface area (Å²) >= 11 is 18.2. The maximum atomic E-state index is 13.1. The quantitative estimate of drug-likeness (QED) is 0.498. The molecule has 0 saturated heterocycles. The molecule has 2 rings (SSSR count). The molecule has 0 aliphatic heterocycles. The van der Waals surface area contributed by atoms with Gasteiger partial charge in [-0.3, -0.25) is 9.59 Å². The number of rotatable bonds is 9. The number of nitrogens with zero attached hydrogens (tertiary/aromatic N) is 1. The average Bonchev–Trinajstić information content (AvgIpc) is 2.74. The van der Waals surface area contributed by atoms with Crippen LogP contribution in [0.5, 0.6) is 5.75 Å². The van der Waals surface area contributed by atoms with E-state index < -0.39 is 6.04 Å². The van der Waals surface area contributed by atoms with Gasteiger partial charge in [-0.15, -0.1) is 0 Å². The molecule has 0 radical (unpaired) electrons. The van der Waals surface area contributed by atoms with Crippen LogP contribution in [0, 0.1) is 6.92 Å². The van der Waals surface area contributed by atoms with Crippen molar-refractivity contribution in [1.29, 1.82) is 0 Å². The third-order valence-corrected chi connectivity index (χ3v) is 6.16. The third kappa shape index (κ3) is 7.30. The summed E-state index contributed by atoms with van der Waals surface area (Å²) < 4.78 is 5.67. The normalized spacial score (nSPS) is 12.7. The van der Waals surface area contributed by atoms with Crippen LogP contribution in [0.2, 0.25) is 15.1 Å². The SMILES string of the molecule is CC[C@@H](C)NC(=O)[C@H](C)N(Cc1ccc(Cl)c(Cl)c1)C(=O)COc1ccc(Cl)c(C)c1. The number of carbonyl (C=O) groups excluding carboxylic acids is 2. The molecule has 5 nitrogen and oxygen atoms in total. The molecule has 0 heterocycles. The van der Waals surface area contributed by atoms with Crippen LogP contribution in [0.15, 0.2) is 36.4 Å². The fourth-order valence-corrected chi connectivity index (χ4v) is 3.26. The summed E-state index contributed by atoms with van der Waals surface area (Å²) in [4.78, 5) is 27.3. The summed E-state index contributed by atoms with van der Waals surface area (Å²) in [5.41, 5.74) is 1.61. The minimum Gasteiger partial charge on any atom is -0.484 e.